The Morgan fingerprint density at radius 3 is 2.81 bits per heavy atom. The number of nitrogens with one attached hydrogen (secondary N) is 2. The van der Waals surface area contributed by atoms with Crippen molar-refractivity contribution in [1.82, 2.24) is 15.6 Å². The highest BCUT2D eigenvalue weighted by Crippen LogP contribution is 2.24. The highest BCUT2D eigenvalue weighted by atomic mass is 16.5. The minimum Gasteiger partial charge on any atom is -0.481 e. The second-order valence-electron chi connectivity index (χ2n) is 5.18. The Balaban J connectivity index is 1.70. The minimum atomic E-state index is -0.197. The highest BCUT2D eigenvalue weighted by Gasteiger charge is 2.22. The van der Waals surface area contributed by atoms with Gasteiger partial charge >= 0.3 is 0 Å². The quantitative estimate of drug-likeness (QED) is 0.820. The van der Waals surface area contributed by atoms with E-state index in [4.69, 9.17) is 4.74 Å². The van der Waals surface area contributed by atoms with Gasteiger partial charge in [0.1, 0.15) is 0 Å². The molecule has 1 fully saturated rings. The van der Waals surface area contributed by atoms with Gasteiger partial charge in [-0.3, -0.25) is 9.59 Å². The van der Waals surface area contributed by atoms with E-state index >= 15 is 0 Å². The molecule has 0 radical (unpaired) electrons. The van der Waals surface area contributed by atoms with Crippen molar-refractivity contribution >= 4 is 11.8 Å². The van der Waals surface area contributed by atoms with Crippen LogP contribution in [0.2, 0.25) is 0 Å². The zero-order valence-corrected chi connectivity index (χ0v) is 12.2. The second-order valence-corrected chi connectivity index (χ2v) is 5.18. The summed E-state index contributed by atoms with van der Waals surface area (Å²) in [5.74, 6) is 0.393. The molecule has 0 aliphatic heterocycles. The molecule has 0 atom stereocenters. The molecular formula is C15H21N3O3. The van der Waals surface area contributed by atoms with Crippen LogP contribution in [-0.4, -0.2) is 30.5 Å². The molecule has 1 aromatic heterocycles. The molecule has 0 unspecified atom stereocenters. The lowest BCUT2D eigenvalue weighted by Crippen LogP contribution is -2.38. The Morgan fingerprint density at radius 1 is 1.33 bits per heavy atom. The third kappa shape index (κ3) is 4.73. The standard InChI is InChI=1S/C15H21N3O3/c1-21-14-8-11(6-7-16-14)9-17-13(19)10-18-15(20)12-4-2-3-5-12/h6-8,12H,2-5,9-10H2,1H3,(H,17,19)(H,18,20). The summed E-state index contributed by atoms with van der Waals surface area (Å²) in [5.41, 5.74) is 0.900. The molecule has 1 aliphatic rings. The Morgan fingerprint density at radius 2 is 2.10 bits per heavy atom. The van der Waals surface area contributed by atoms with Gasteiger partial charge in [-0.2, -0.15) is 0 Å². The number of methoxy groups -OCH3 is 1. The molecule has 6 heteroatoms. The van der Waals surface area contributed by atoms with E-state index in [1.165, 1.54) is 0 Å². The zero-order chi connectivity index (χ0) is 15.1. The van der Waals surface area contributed by atoms with Crippen molar-refractivity contribution in [2.45, 2.75) is 32.2 Å². The molecular weight excluding hydrogens is 270 g/mol. The van der Waals surface area contributed by atoms with Crippen LogP contribution < -0.4 is 15.4 Å². The third-order valence-corrected chi connectivity index (χ3v) is 3.65. The van der Waals surface area contributed by atoms with Crippen molar-refractivity contribution in [3.8, 4) is 5.88 Å². The van der Waals surface area contributed by atoms with Gasteiger partial charge in [0.25, 0.3) is 0 Å². The fourth-order valence-corrected chi connectivity index (χ4v) is 2.43. The first-order chi connectivity index (χ1) is 10.2. The van der Waals surface area contributed by atoms with E-state index in [-0.39, 0.29) is 24.3 Å². The maximum atomic E-state index is 11.8. The van der Waals surface area contributed by atoms with E-state index in [0.717, 1.165) is 31.2 Å². The lowest BCUT2D eigenvalue weighted by Gasteiger charge is -2.10. The molecule has 0 aromatic carbocycles. The van der Waals surface area contributed by atoms with E-state index in [0.29, 0.717) is 12.4 Å². The third-order valence-electron chi connectivity index (χ3n) is 3.65. The van der Waals surface area contributed by atoms with Gasteiger partial charge in [-0.15, -0.1) is 0 Å². The summed E-state index contributed by atoms with van der Waals surface area (Å²) in [5, 5.41) is 5.45. The molecule has 1 aliphatic carbocycles. The number of hydrogen-bond donors (Lipinski definition) is 2. The summed E-state index contributed by atoms with van der Waals surface area (Å²) >= 11 is 0. The summed E-state index contributed by atoms with van der Waals surface area (Å²) in [6.07, 6.45) is 5.71. The molecule has 6 nitrogen and oxygen atoms in total. The molecule has 2 N–H and O–H groups in total. The first-order valence-corrected chi connectivity index (χ1v) is 7.22. The van der Waals surface area contributed by atoms with E-state index in [9.17, 15) is 9.59 Å². The van der Waals surface area contributed by atoms with Crippen molar-refractivity contribution in [2.75, 3.05) is 13.7 Å². The molecule has 0 saturated heterocycles. The van der Waals surface area contributed by atoms with E-state index in [2.05, 4.69) is 15.6 Å². The Hall–Kier alpha value is -2.11. The molecule has 114 valence electrons. The van der Waals surface area contributed by atoms with Crippen LogP contribution in [0.5, 0.6) is 5.88 Å². The van der Waals surface area contributed by atoms with Crippen molar-refractivity contribution in [3.63, 3.8) is 0 Å². The SMILES string of the molecule is COc1cc(CNC(=O)CNC(=O)C2CCCC2)ccn1. The van der Waals surface area contributed by atoms with Crippen LogP contribution in [0, 0.1) is 5.92 Å². The monoisotopic (exact) mass is 291 g/mol. The average Bonchev–Trinajstić information content (AvgIpc) is 3.05. The van der Waals surface area contributed by atoms with Gasteiger partial charge in [0.05, 0.1) is 13.7 Å². The number of carbonyl (C=O) groups is 2. The molecule has 1 saturated carbocycles. The van der Waals surface area contributed by atoms with Gasteiger partial charge in [-0.25, -0.2) is 4.98 Å². The molecule has 0 spiro atoms. The molecule has 1 heterocycles. The fourth-order valence-electron chi connectivity index (χ4n) is 2.43. The summed E-state index contributed by atoms with van der Waals surface area (Å²) in [7, 11) is 1.54. The minimum absolute atomic E-state index is 0.00627. The van der Waals surface area contributed by atoms with Crippen LogP contribution in [0.15, 0.2) is 18.3 Å². The number of amides is 2. The summed E-state index contributed by atoms with van der Waals surface area (Å²) in [6.45, 7) is 0.411. The number of nitrogens with zero attached hydrogens (tertiary/aromatic N) is 1. The van der Waals surface area contributed by atoms with Crippen LogP contribution in [0.1, 0.15) is 31.2 Å². The summed E-state index contributed by atoms with van der Waals surface area (Å²) in [4.78, 5) is 27.5. The van der Waals surface area contributed by atoms with Crippen LogP contribution in [0.3, 0.4) is 0 Å². The van der Waals surface area contributed by atoms with Gasteiger partial charge < -0.3 is 15.4 Å². The van der Waals surface area contributed by atoms with Gasteiger partial charge in [-0.1, -0.05) is 12.8 Å². The molecule has 21 heavy (non-hydrogen) atoms. The van der Waals surface area contributed by atoms with Crippen molar-refractivity contribution in [1.29, 1.82) is 0 Å². The van der Waals surface area contributed by atoms with Crippen LogP contribution in [0.4, 0.5) is 0 Å². The van der Waals surface area contributed by atoms with Gasteiger partial charge in [0.2, 0.25) is 17.7 Å². The maximum absolute atomic E-state index is 11.8. The normalized spacial score (nSPS) is 14.7. The number of ether oxygens (including phenoxy) is 1. The predicted molar refractivity (Wildman–Crippen MR) is 77.6 cm³/mol. The lowest BCUT2D eigenvalue weighted by atomic mass is 10.1. The zero-order valence-electron chi connectivity index (χ0n) is 12.2. The largest absolute Gasteiger partial charge is 0.481 e. The van der Waals surface area contributed by atoms with Crippen molar-refractivity contribution in [2.24, 2.45) is 5.92 Å². The van der Waals surface area contributed by atoms with E-state index in [1.807, 2.05) is 0 Å². The number of aromatic nitrogens is 1. The molecule has 2 amide bonds. The second kappa shape index (κ2) is 7.61. The lowest BCUT2D eigenvalue weighted by molar-refractivity contribution is -0.128. The smallest absolute Gasteiger partial charge is 0.239 e. The molecule has 0 bridgehead atoms. The topological polar surface area (TPSA) is 80.3 Å². The van der Waals surface area contributed by atoms with Crippen molar-refractivity contribution < 1.29 is 14.3 Å². The molecule has 2 rings (SSSR count). The van der Waals surface area contributed by atoms with E-state index < -0.39 is 0 Å². The van der Waals surface area contributed by atoms with Crippen LogP contribution in [0.25, 0.3) is 0 Å². The summed E-state index contributed by atoms with van der Waals surface area (Å²) in [6, 6.07) is 3.57. The Kier molecular flexibility index (Phi) is 5.54. The highest BCUT2D eigenvalue weighted by molar-refractivity contribution is 5.85. The van der Waals surface area contributed by atoms with Gasteiger partial charge in [-0.05, 0) is 24.5 Å². The van der Waals surface area contributed by atoms with Crippen LogP contribution >= 0.6 is 0 Å². The maximum Gasteiger partial charge on any atom is 0.239 e. The Bertz CT molecular complexity index is 499. The van der Waals surface area contributed by atoms with Crippen molar-refractivity contribution in [3.05, 3.63) is 23.9 Å². The van der Waals surface area contributed by atoms with Gasteiger partial charge in [0.15, 0.2) is 0 Å². The number of rotatable bonds is 6. The average molecular weight is 291 g/mol. The molecule has 1 aromatic rings. The first kappa shape index (κ1) is 15.3. The predicted octanol–water partition coefficient (Wildman–Crippen LogP) is 1.01. The number of hydrogen-bond acceptors (Lipinski definition) is 4. The number of carbonyl (C=O) groups excluding carboxylic acids is 2. The fraction of sp³-hybridized carbons (Fsp3) is 0.533. The van der Waals surface area contributed by atoms with Crippen LogP contribution in [-0.2, 0) is 16.1 Å². The Labute approximate surface area is 124 Å². The summed E-state index contributed by atoms with van der Waals surface area (Å²) < 4.78 is 5.02. The number of pyridine rings is 1. The first-order valence-electron chi connectivity index (χ1n) is 7.22. The van der Waals surface area contributed by atoms with Gasteiger partial charge in [0, 0.05) is 24.7 Å². The van der Waals surface area contributed by atoms with E-state index in [1.54, 1.807) is 25.4 Å².